The van der Waals surface area contributed by atoms with E-state index >= 15 is 0 Å². The van der Waals surface area contributed by atoms with E-state index in [4.69, 9.17) is 0 Å². The van der Waals surface area contributed by atoms with Crippen LogP contribution in [0.3, 0.4) is 0 Å². The van der Waals surface area contributed by atoms with Gasteiger partial charge in [-0.05, 0) is 40.1 Å². The number of rotatable bonds is 1. The molecular weight excluding hydrogens is 242 g/mol. The van der Waals surface area contributed by atoms with E-state index in [1.165, 1.54) is 11.1 Å². The smallest absolute Gasteiger partial charge is 0.0992 e. The van der Waals surface area contributed by atoms with Crippen molar-refractivity contribution < 1.29 is 0 Å². The largest absolute Gasteiger partial charge is 0.343 e. The number of hydrogen-bond acceptors (Lipinski definition) is 3. The Hall–Kier alpha value is -2.20. The number of hydrogen-bond donors (Lipinski definition) is 1. The van der Waals surface area contributed by atoms with E-state index in [-0.39, 0.29) is 0 Å². The van der Waals surface area contributed by atoms with E-state index in [1.807, 2.05) is 6.20 Å². The molecule has 18 heavy (non-hydrogen) atoms. The summed E-state index contributed by atoms with van der Waals surface area (Å²) in [6.07, 6.45) is 3.54. The molecule has 0 spiro atoms. The van der Waals surface area contributed by atoms with Crippen molar-refractivity contribution in [3.05, 3.63) is 47.5 Å². The molecule has 3 heterocycles. The summed E-state index contributed by atoms with van der Waals surface area (Å²) < 4.78 is 0. The van der Waals surface area contributed by atoms with Crippen molar-refractivity contribution in [2.45, 2.75) is 0 Å². The second kappa shape index (κ2) is 3.65. The highest BCUT2D eigenvalue weighted by molar-refractivity contribution is 7.08. The first kappa shape index (κ1) is 9.79. The summed E-state index contributed by atoms with van der Waals surface area (Å²) in [5.74, 6) is 0. The van der Waals surface area contributed by atoms with Crippen molar-refractivity contribution >= 4 is 33.3 Å². The van der Waals surface area contributed by atoms with Gasteiger partial charge in [-0.3, -0.25) is 4.98 Å². The molecule has 0 bridgehead atoms. The van der Waals surface area contributed by atoms with Gasteiger partial charge in [-0.1, -0.05) is 6.07 Å². The molecule has 0 aliphatic rings. The van der Waals surface area contributed by atoms with Gasteiger partial charge in [-0.25, -0.2) is 4.98 Å². The molecule has 0 saturated carbocycles. The van der Waals surface area contributed by atoms with E-state index in [9.17, 15) is 0 Å². The van der Waals surface area contributed by atoms with Crippen molar-refractivity contribution in [1.29, 1.82) is 0 Å². The standard InChI is InChI=1S/C14H9N3S/c1-2-12-11(5-9(1)10-3-4-18-7-10)14-13(6-15-12)16-8-17-14/h1-8H,(H,16,17). The van der Waals surface area contributed by atoms with Crippen molar-refractivity contribution in [2.24, 2.45) is 0 Å². The van der Waals surface area contributed by atoms with Gasteiger partial charge in [-0.2, -0.15) is 11.3 Å². The van der Waals surface area contributed by atoms with Crippen LogP contribution in [-0.4, -0.2) is 15.0 Å². The minimum atomic E-state index is 0.977. The number of thiophene rings is 1. The van der Waals surface area contributed by atoms with Gasteiger partial charge in [0.2, 0.25) is 0 Å². The van der Waals surface area contributed by atoms with Crippen LogP contribution in [0.15, 0.2) is 47.5 Å². The maximum Gasteiger partial charge on any atom is 0.0992 e. The fourth-order valence-corrected chi connectivity index (χ4v) is 2.86. The Bertz CT molecular complexity index is 831. The first-order chi connectivity index (χ1) is 8.92. The third-order valence-electron chi connectivity index (χ3n) is 3.11. The van der Waals surface area contributed by atoms with Crippen molar-refractivity contribution in [2.75, 3.05) is 0 Å². The number of benzene rings is 1. The molecule has 1 N–H and O–H groups in total. The summed E-state index contributed by atoms with van der Waals surface area (Å²) in [5.41, 5.74) is 5.39. The van der Waals surface area contributed by atoms with Crippen LogP contribution in [0.2, 0.25) is 0 Å². The highest BCUT2D eigenvalue weighted by Crippen LogP contribution is 2.28. The second-order valence-electron chi connectivity index (χ2n) is 4.17. The summed E-state index contributed by atoms with van der Waals surface area (Å²) in [4.78, 5) is 11.9. The predicted octanol–water partition coefficient (Wildman–Crippen LogP) is 3.84. The molecule has 3 nitrogen and oxygen atoms in total. The number of nitrogens with zero attached hydrogens (tertiary/aromatic N) is 2. The lowest BCUT2D eigenvalue weighted by Crippen LogP contribution is -1.82. The van der Waals surface area contributed by atoms with Gasteiger partial charge in [0, 0.05) is 5.39 Å². The molecular formula is C14H9N3S. The number of aromatic nitrogens is 3. The minimum absolute atomic E-state index is 0.977. The van der Waals surface area contributed by atoms with Crippen molar-refractivity contribution in [3.63, 3.8) is 0 Å². The quantitative estimate of drug-likeness (QED) is 0.558. The van der Waals surface area contributed by atoms with E-state index in [1.54, 1.807) is 17.7 Å². The van der Waals surface area contributed by atoms with Crippen molar-refractivity contribution in [3.8, 4) is 11.1 Å². The zero-order valence-corrected chi connectivity index (χ0v) is 10.2. The monoisotopic (exact) mass is 251 g/mol. The van der Waals surface area contributed by atoms with Crippen LogP contribution in [0.1, 0.15) is 0 Å². The third kappa shape index (κ3) is 1.36. The van der Waals surface area contributed by atoms with Gasteiger partial charge >= 0.3 is 0 Å². The lowest BCUT2D eigenvalue weighted by atomic mass is 10.1. The van der Waals surface area contributed by atoms with Crippen LogP contribution in [0, 0.1) is 0 Å². The van der Waals surface area contributed by atoms with Crippen LogP contribution in [0.5, 0.6) is 0 Å². The average Bonchev–Trinajstić information content (AvgIpc) is 3.09. The van der Waals surface area contributed by atoms with Gasteiger partial charge in [-0.15, -0.1) is 0 Å². The van der Waals surface area contributed by atoms with Crippen LogP contribution in [-0.2, 0) is 0 Å². The zero-order chi connectivity index (χ0) is 11.9. The molecule has 4 heteroatoms. The van der Waals surface area contributed by atoms with Crippen LogP contribution in [0.25, 0.3) is 33.1 Å². The molecule has 0 saturated heterocycles. The number of fused-ring (bicyclic) bond motifs is 3. The highest BCUT2D eigenvalue weighted by Gasteiger charge is 2.06. The molecule has 0 unspecified atom stereocenters. The number of pyridine rings is 1. The number of nitrogens with one attached hydrogen (secondary N) is 1. The van der Waals surface area contributed by atoms with Crippen LogP contribution >= 0.6 is 11.3 Å². The SMILES string of the molecule is c1nc2c(cnc3ccc(-c4ccsc4)cc32)[nH]1. The molecule has 4 aromatic rings. The van der Waals surface area contributed by atoms with E-state index in [2.05, 4.69) is 50.0 Å². The van der Waals surface area contributed by atoms with Gasteiger partial charge < -0.3 is 4.98 Å². The summed E-state index contributed by atoms with van der Waals surface area (Å²) in [6, 6.07) is 8.45. The second-order valence-corrected chi connectivity index (χ2v) is 4.95. The molecule has 1 aromatic carbocycles. The Morgan fingerprint density at radius 1 is 1.06 bits per heavy atom. The van der Waals surface area contributed by atoms with Crippen LogP contribution < -0.4 is 0 Å². The van der Waals surface area contributed by atoms with Gasteiger partial charge in [0.15, 0.2) is 0 Å². The Kier molecular flexibility index (Phi) is 1.98. The van der Waals surface area contributed by atoms with E-state index in [0.717, 1.165) is 21.9 Å². The number of aromatic amines is 1. The lowest BCUT2D eigenvalue weighted by molar-refractivity contribution is 1.34. The molecule has 0 atom stereocenters. The van der Waals surface area contributed by atoms with Gasteiger partial charge in [0.25, 0.3) is 0 Å². The van der Waals surface area contributed by atoms with Gasteiger partial charge in [0.1, 0.15) is 0 Å². The Labute approximate surface area is 107 Å². The predicted molar refractivity (Wildman–Crippen MR) is 74.7 cm³/mol. The number of H-pyrrole nitrogens is 1. The Morgan fingerprint density at radius 2 is 2.06 bits per heavy atom. The Balaban J connectivity index is 2.08. The number of imidazole rings is 1. The summed E-state index contributed by atoms with van der Waals surface area (Å²) in [5, 5.41) is 5.34. The van der Waals surface area contributed by atoms with Gasteiger partial charge in [0.05, 0.1) is 29.1 Å². The first-order valence-electron chi connectivity index (χ1n) is 5.66. The molecule has 0 fully saturated rings. The van der Waals surface area contributed by atoms with Crippen molar-refractivity contribution in [1.82, 2.24) is 15.0 Å². The molecule has 0 aliphatic carbocycles. The molecule has 86 valence electrons. The highest BCUT2D eigenvalue weighted by atomic mass is 32.1. The fourth-order valence-electron chi connectivity index (χ4n) is 2.20. The summed E-state index contributed by atoms with van der Waals surface area (Å²) in [6.45, 7) is 0. The topological polar surface area (TPSA) is 41.6 Å². The molecule has 4 rings (SSSR count). The summed E-state index contributed by atoms with van der Waals surface area (Å²) >= 11 is 1.71. The molecule has 3 aromatic heterocycles. The molecule has 0 aliphatic heterocycles. The average molecular weight is 251 g/mol. The first-order valence-corrected chi connectivity index (χ1v) is 6.60. The summed E-state index contributed by atoms with van der Waals surface area (Å²) in [7, 11) is 0. The molecule has 0 radical (unpaired) electrons. The maximum atomic E-state index is 4.44. The third-order valence-corrected chi connectivity index (χ3v) is 3.79. The maximum absolute atomic E-state index is 4.44. The fraction of sp³-hybridized carbons (Fsp3) is 0. The van der Waals surface area contributed by atoms with Crippen LogP contribution in [0.4, 0.5) is 0 Å². The van der Waals surface area contributed by atoms with E-state index < -0.39 is 0 Å². The Morgan fingerprint density at radius 3 is 2.94 bits per heavy atom. The molecule has 0 amide bonds. The van der Waals surface area contributed by atoms with E-state index in [0.29, 0.717) is 0 Å². The normalized spacial score (nSPS) is 11.3. The zero-order valence-electron chi connectivity index (χ0n) is 9.42. The minimum Gasteiger partial charge on any atom is -0.343 e. The lowest BCUT2D eigenvalue weighted by Gasteiger charge is -2.02.